The van der Waals surface area contributed by atoms with Gasteiger partial charge in [0.05, 0.1) is 17.2 Å². The molecule has 0 N–H and O–H groups in total. The van der Waals surface area contributed by atoms with E-state index in [9.17, 15) is 22.4 Å². The highest BCUT2D eigenvalue weighted by Crippen LogP contribution is 2.29. The summed E-state index contributed by atoms with van der Waals surface area (Å²) in [5.74, 6) is -1.07. The minimum absolute atomic E-state index is 0.00295. The molecule has 1 aromatic carbocycles. The summed E-state index contributed by atoms with van der Waals surface area (Å²) in [6, 6.07) is 5.92. The van der Waals surface area contributed by atoms with Gasteiger partial charge in [0.2, 0.25) is 5.88 Å². The van der Waals surface area contributed by atoms with Gasteiger partial charge in [-0.2, -0.15) is 13.2 Å². The highest BCUT2D eigenvalue weighted by molar-refractivity contribution is 14.1. The van der Waals surface area contributed by atoms with Gasteiger partial charge in [0.15, 0.2) is 0 Å². The summed E-state index contributed by atoms with van der Waals surface area (Å²) in [6.45, 7) is 3.77. The van der Waals surface area contributed by atoms with Crippen LogP contribution in [0, 0.1) is 9.39 Å². The molecule has 146 valence electrons. The zero-order valence-electron chi connectivity index (χ0n) is 14.6. The van der Waals surface area contributed by atoms with Crippen molar-refractivity contribution in [3.63, 3.8) is 0 Å². The van der Waals surface area contributed by atoms with Crippen LogP contribution >= 0.6 is 22.6 Å². The summed E-state index contributed by atoms with van der Waals surface area (Å²) >= 11 is 1.89. The number of carbonyl (C=O) groups excluding carboxylic acids is 1. The number of alkyl halides is 3. The molecule has 9 heteroatoms. The summed E-state index contributed by atoms with van der Waals surface area (Å²) in [5, 5.41) is 0. The van der Waals surface area contributed by atoms with E-state index in [1.54, 1.807) is 19.9 Å². The van der Waals surface area contributed by atoms with E-state index in [0.717, 1.165) is 12.1 Å². The van der Waals surface area contributed by atoms with Gasteiger partial charge in [-0.3, -0.25) is 4.79 Å². The molecule has 0 saturated heterocycles. The molecule has 0 aliphatic rings. The van der Waals surface area contributed by atoms with Gasteiger partial charge < -0.3 is 9.64 Å². The molecule has 1 atom stereocenters. The molecule has 0 aliphatic heterocycles. The minimum atomic E-state index is -4.47. The van der Waals surface area contributed by atoms with E-state index in [4.69, 9.17) is 4.74 Å². The van der Waals surface area contributed by atoms with E-state index < -0.39 is 29.5 Å². The van der Waals surface area contributed by atoms with Crippen molar-refractivity contribution in [1.82, 2.24) is 9.88 Å². The van der Waals surface area contributed by atoms with Crippen LogP contribution in [0.3, 0.4) is 0 Å². The lowest BCUT2D eigenvalue weighted by Gasteiger charge is -2.28. The molecule has 0 saturated carbocycles. The predicted octanol–water partition coefficient (Wildman–Crippen LogP) is 4.77. The van der Waals surface area contributed by atoms with Crippen LogP contribution in [0.5, 0.6) is 5.88 Å². The number of aromatic nitrogens is 1. The van der Waals surface area contributed by atoms with Gasteiger partial charge in [-0.05, 0) is 54.6 Å². The first-order chi connectivity index (χ1) is 12.6. The number of nitrogens with zero attached hydrogens (tertiary/aromatic N) is 2. The molecule has 0 bridgehead atoms. The van der Waals surface area contributed by atoms with Gasteiger partial charge in [-0.15, -0.1) is 0 Å². The molecular weight excluding hydrogens is 479 g/mol. The Kier molecular flexibility index (Phi) is 7.01. The second kappa shape index (κ2) is 8.85. The molecule has 2 rings (SSSR count). The van der Waals surface area contributed by atoms with E-state index in [1.807, 2.05) is 22.6 Å². The molecule has 1 aromatic heterocycles. The van der Waals surface area contributed by atoms with Crippen LogP contribution in [0.2, 0.25) is 0 Å². The fraction of sp³-hybridized carbons (Fsp3) is 0.333. The Morgan fingerprint density at radius 2 is 2.00 bits per heavy atom. The maximum absolute atomic E-state index is 14.1. The van der Waals surface area contributed by atoms with Crippen molar-refractivity contribution in [3.8, 4) is 5.88 Å². The van der Waals surface area contributed by atoms with Crippen molar-refractivity contribution in [2.45, 2.75) is 26.1 Å². The van der Waals surface area contributed by atoms with Gasteiger partial charge >= 0.3 is 6.18 Å². The summed E-state index contributed by atoms with van der Waals surface area (Å²) in [4.78, 5) is 17.8. The summed E-state index contributed by atoms with van der Waals surface area (Å²) in [6.07, 6.45) is -3.79. The van der Waals surface area contributed by atoms with Gasteiger partial charge in [-0.1, -0.05) is 6.07 Å². The Morgan fingerprint density at radius 1 is 1.30 bits per heavy atom. The monoisotopic (exact) mass is 496 g/mol. The fourth-order valence-electron chi connectivity index (χ4n) is 2.43. The van der Waals surface area contributed by atoms with Gasteiger partial charge in [-0.25, -0.2) is 9.37 Å². The maximum atomic E-state index is 14.1. The van der Waals surface area contributed by atoms with E-state index in [-0.39, 0.29) is 18.1 Å². The lowest BCUT2D eigenvalue weighted by molar-refractivity contribution is -0.137. The zero-order chi connectivity index (χ0) is 20.2. The quantitative estimate of drug-likeness (QED) is 0.428. The maximum Gasteiger partial charge on any atom is 0.417 e. The second-order valence-corrected chi connectivity index (χ2v) is 6.89. The number of rotatable bonds is 6. The zero-order valence-corrected chi connectivity index (χ0v) is 16.7. The Bertz CT molecular complexity index is 777. The molecular formula is C18H17F4IN2O2. The Labute approximate surface area is 167 Å². The molecule has 0 unspecified atom stereocenters. The predicted molar refractivity (Wildman–Crippen MR) is 100 cm³/mol. The normalized spacial score (nSPS) is 12.6. The third-order valence-electron chi connectivity index (χ3n) is 3.85. The first-order valence-corrected chi connectivity index (χ1v) is 9.14. The molecule has 1 heterocycles. The van der Waals surface area contributed by atoms with Crippen LogP contribution < -0.4 is 4.74 Å². The van der Waals surface area contributed by atoms with E-state index >= 15 is 0 Å². The molecule has 2 aromatic rings. The molecule has 0 radical (unpaired) electrons. The molecule has 0 aliphatic carbocycles. The Morgan fingerprint density at radius 3 is 2.52 bits per heavy atom. The van der Waals surface area contributed by atoms with Crippen molar-refractivity contribution in [2.24, 2.45) is 0 Å². The number of hydrogen-bond acceptors (Lipinski definition) is 3. The largest absolute Gasteiger partial charge is 0.475 e. The number of pyridine rings is 1. The molecule has 4 nitrogen and oxygen atoms in total. The standard InChI is InChI=1S/C18H17F4IN2O2/c1-3-25(17(26)16-13(19)5-4-6-14(16)23)11(2)10-27-15-8-7-12(9-24-15)18(20,21)22/h4-9,11H,3,10H2,1-2H3/t11-/m0/s1. The summed E-state index contributed by atoms with van der Waals surface area (Å²) in [7, 11) is 0. The van der Waals surface area contributed by atoms with Gasteiger partial charge in [0.1, 0.15) is 12.4 Å². The van der Waals surface area contributed by atoms with Crippen LogP contribution in [0.1, 0.15) is 29.8 Å². The highest BCUT2D eigenvalue weighted by atomic mass is 127. The number of likely N-dealkylation sites (N-methyl/N-ethyl adjacent to an activating group) is 1. The average Bonchev–Trinajstić information content (AvgIpc) is 2.60. The lowest BCUT2D eigenvalue weighted by Crippen LogP contribution is -2.42. The van der Waals surface area contributed by atoms with Crippen LogP contribution in [-0.4, -0.2) is 35.0 Å². The number of ether oxygens (including phenoxy) is 1. The molecule has 27 heavy (non-hydrogen) atoms. The smallest absolute Gasteiger partial charge is 0.417 e. The second-order valence-electron chi connectivity index (χ2n) is 5.73. The Hall–Kier alpha value is -1.91. The van der Waals surface area contributed by atoms with Crippen molar-refractivity contribution >= 4 is 28.5 Å². The number of hydrogen-bond donors (Lipinski definition) is 0. The number of carbonyl (C=O) groups is 1. The number of amides is 1. The van der Waals surface area contributed by atoms with E-state index in [2.05, 4.69) is 4.98 Å². The summed E-state index contributed by atoms with van der Waals surface area (Å²) < 4.78 is 57.6. The van der Waals surface area contributed by atoms with Crippen molar-refractivity contribution < 1.29 is 27.1 Å². The topological polar surface area (TPSA) is 42.4 Å². The third-order valence-corrected chi connectivity index (χ3v) is 4.75. The first kappa shape index (κ1) is 21.4. The van der Waals surface area contributed by atoms with Crippen molar-refractivity contribution in [2.75, 3.05) is 13.2 Å². The summed E-state index contributed by atoms with van der Waals surface area (Å²) in [5.41, 5.74) is -0.887. The fourth-order valence-corrected chi connectivity index (χ4v) is 3.13. The molecule has 1 amide bonds. The molecule has 0 spiro atoms. The first-order valence-electron chi connectivity index (χ1n) is 8.06. The highest BCUT2D eigenvalue weighted by Gasteiger charge is 2.31. The molecule has 0 fully saturated rings. The van der Waals surface area contributed by atoms with Crippen molar-refractivity contribution in [1.29, 1.82) is 0 Å². The number of halogens is 5. The minimum Gasteiger partial charge on any atom is -0.475 e. The number of benzene rings is 1. The van der Waals surface area contributed by atoms with E-state index in [1.165, 1.54) is 17.0 Å². The van der Waals surface area contributed by atoms with Crippen LogP contribution in [-0.2, 0) is 6.18 Å². The van der Waals surface area contributed by atoms with Gasteiger partial charge in [0.25, 0.3) is 5.91 Å². The lowest BCUT2D eigenvalue weighted by atomic mass is 10.1. The van der Waals surface area contributed by atoms with Crippen molar-refractivity contribution in [3.05, 3.63) is 57.0 Å². The van der Waals surface area contributed by atoms with Crippen LogP contribution in [0.4, 0.5) is 17.6 Å². The third kappa shape index (κ3) is 5.30. The van der Waals surface area contributed by atoms with Crippen LogP contribution in [0.15, 0.2) is 36.5 Å². The van der Waals surface area contributed by atoms with E-state index in [0.29, 0.717) is 16.3 Å². The Balaban J connectivity index is 2.07. The van der Waals surface area contributed by atoms with Gasteiger partial charge in [0, 0.05) is 22.4 Å². The SMILES string of the molecule is CCN(C(=O)c1c(F)cccc1I)[C@@H](C)COc1ccc(C(F)(F)F)cn1. The van der Waals surface area contributed by atoms with Crippen LogP contribution in [0.25, 0.3) is 0 Å². The average molecular weight is 496 g/mol.